The fraction of sp³-hybridized carbons (Fsp3) is 0.143. The fourth-order valence-corrected chi connectivity index (χ4v) is 3.35. The second-order valence-corrected chi connectivity index (χ2v) is 7.41. The van der Waals surface area contributed by atoms with Crippen LogP contribution in [0.2, 0.25) is 0 Å². The maximum Gasteiger partial charge on any atom is 0.344 e. The summed E-state index contributed by atoms with van der Waals surface area (Å²) in [6, 6.07) is 13.7. The molecule has 0 spiro atoms. The van der Waals surface area contributed by atoms with Crippen LogP contribution in [-0.2, 0) is 14.4 Å². The highest BCUT2D eigenvalue weighted by atomic mass is 32.2. The number of aliphatic imine (C=N–C) groups is 1. The Bertz CT molecular complexity index is 1050. The van der Waals surface area contributed by atoms with Gasteiger partial charge in [-0.3, -0.25) is 9.59 Å². The van der Waals surface area contributed by atoms with Gasteiger partial charge in [-0.1, -0.05) is 12.1 Å². The van der Waals surface area contributed by atoms with E-state index in [9.17, 15) is 14.4 Å². The van der Waals surface area contributed by atoms with E-state index in [0.29, 0.717) is 32.8 Å². The second kappa shape index (κ2) is 9.27. The second-order valence-electron chi connectivity index (χ2n) is 6.38. The number of rotatable bonds is 6. The molecule has 1 atom stereocenters. The lowest BCUT2D eigenvalue weighted by molar-refractivity contribution is -0.144. The number of hydrogen-bond acceptors (Lipinski definition) is 6. The molecule has 9 heteroatoms. The van der Waals surface area contributed by atoms with Crippen molar-refractivity contribution in [1.82, 2.24) is 5.32 Å². The van der Waals surface area contributed by atoms with Gasteiger partial charge in [0.1, 0.15) is 5.75 Å². The number of amides is 2. The zero-order valence-electron chi connectivity index (χ0n) is 16.2. The highest BCUT2D eigenvalue weighted by Gasteiger charge is 2.24. The third kappa shape index (κ3) is 5.71. The molecule has 0 saturated carbocycles. The summed E-state index contributed by atoms with van der Waals surface area (Å²) >= 11 is 1.19. The van der Waals surface area contributed by atoms with Crippen molar-refractivity contribution in [3.63, 3.8) is 0 Å². The van der Waals surface area contributed by atoms with Crippen LogP contribution in [0.4, 0.5) is 11.4 Å². The zero-order chi connectivity index (χ0) is 21.7. The summed E-state index contributed by atoms with van der Waals surface area (Å²) in [6.07, 6.45) is 0.702. The van der Waals surface area contributed by atoms with Gasteiger partial charge in [0.05, 0.1) is 10.6 Å². The van der Waals surface area contributed by atoms with E-state index >= 15 is 0 Å². The molecule has 0 aromatic heterocycles. The Morgan fingerprint density at radius 3 is 2.63 bits per heavy atom. The Morgan fingerprint density at radius 2 is 1.97 bits per heavy atom. The van der Waals surface area contributed by atoms with E-state index in [1.165, 1.54) is 25.6 Å². The molecule has 3 N–H and O–H groups in total. The largest absolute Gasteiger partial charge is 0.479 e. The number of carbonyl (C=O) groups is 3. The predicted octanol–water partition coefficient (Wildman–Crippen LogP) is 3.39. The van der Waals surface area contributed by atoms with Gasteiger partial charge >= 0.3 is 5.97 Å². The summed E-state index contributed by atoms with van der Waals surface area (Å²) < 4.78 is 5.36. The van der Waals surface area contributed by atoms with E-state index in [0.717, 1.165) is 0 Å². The molecule has 1 heterocycles. The lowest BCUT2D eigenvalue weighted by Gasteiger charge is -2.10. The standard InChI is InChI=1S/C21H19N3O5S/c1-12(20(27)28)29-17-5-3-4-14(10-17)11-18-19(26)24-21(30-18)23-16-8-6-15(7-9-16)22-13(2)25/h3-12H,1-2H3,(H,22,25)(H,27,28)(H,23,24,26)/b18-11+. The molecule has 3 rings (SSSR count). The van der Waals surface area contributed by atoms with Crippen molar-refractivity contribution < 1.29 is 24.2 Å². The van der Waals surface area contributed by atoms with Gasteiger partial charge in [-0.15, -0.1) is 0 Å². The van der Waals surface area contributed by atoms with E-state index in [2.05, 4.69) is 15.6 Å². The minimum Gasteiger partial charge on any atom is -0.479 e. The quantitative estimate of drug-likeness (QED) is 0.611. The number of nitrogens with zero attached hydrogens (tertiary/aromatic N) is 1. The number of benzene rings is 2. The van der Waals surface area contributed by atoms with E-state index < -0.39 is 12.1 Å². The maximum absolute atomic E-state index is 12.3. The predicted molar refractivity (Wildman–Crippen MR) is 116 cm³/mol. The van der Waals surface area contributed by atoms with E-state index in [4.69, 9.17) is 9.84 Å². The molecular weight excluding hydrogens is 406 g/mol. The summed E-state index contributed by atoms with van der Waals surface area (Å²) in [4.78, 5) is 39.1. The molecule has 30 heavy (non-hydrogen) atoms. The van der Waals surface area contributed by atoms with Crippen molar-refractivity contribution in [2.45, 2.75) is 20.0 Å². The van der Waals surface area contributed by atoms with Crippen LogP contribution in [-0.4, -0.2) is 34.2 Å². The Balaban J connectivity index is 1.72. The van der Waals surface area contributed by atoms with Gasteiger partial charge in [0.2, 0.25) is 5.91 Å². The normalized spacial score (nSPS) is 16.9. The fourth-order valence-electron chi connectivity index (χ4n) is 2.50. The molecule has 8 nitrogen and oxygen atoms in total. The zero-order valence-corrected chi connectivity index (χ0v) is 17.0. The van der Waals surface area contributed by atoms with E-state index in [-0.39, 0.29) is 11.8 Å². The van der Waals surface area contributed by atoms with Gasteiger partial charge in [0.25, 0.3) is 5.91 Å². The van der Waals surface area contributed by atoms with Crippen LogP contribution < -0.4 is 15.4 Å². The Kier molecular flexibility index (Phi) is 6.53. The van der Waals surface area contributed by atoms with Crippen LogP contribution in [0, 0.1) is 0 Å². The summed E-state index contributed by atoms with van der Waals surface area (Å²) in [7, 11) is 0. The average Bonchev–Trinajstić information content (AvgIpc) is 3.02. The average molecular weight is 425 g/mol. The molecule has 1 fully saturated rings. The third-order valence-electron chi connectivity index (χ3n) is 3.89. The van der Waals surface area contributed by atoms with Crippen LogP contribution in [0.1, 0.15) is 19.4 Å². The molecule has 0 radical (unpaired) electrons. The first-order valence-electron chi connectivity index (χ1n) is 8.97. The number of amidine groups is 1. The minimum atomic E-state index is -1.06. The summed E-state index contributed by atoms with van der Waals surface area (Å²) in [5, 5.41) is 14.8. The number of carboxylic acid groups (broad SMARTS) is 1. The number of ether oxygens (including phenoxy) is 1. The molecule has 2 aromatic carbocycles. The SMILES string of the molecule is CC(=O)Nc1ccc(N=C2NC(=O)/C(=C\c3cccc(OC(C)C(=O)O)c3)S2)cc1. The molecule has 1 saturated heterocycles. The first kappa shape index (κ1) is 21.1. The molecule has 1 aliphatic rings. The van der Waals surface area contributed by atoms with E-state index in [1.54, 1.807) is 54.6 Å². The molecule has 1 aliphatic heterocycles. The smallest absolute Gasteiger partial charge is 0.344 e. The number of anilines is 1. The first-order chi connectivity index (χ1) is 14.3. The van der Waals surface area contributed by atoms with Gasteiger partial charge in [-0.2, -0.15) is 0 Å². The van der Waals surface area contributed by atoms with Crippen molar-refractivity contribution in [2.75, 3.05) is 5.32 Å². The van der Waals surface area contributed by atoms with Crippen LogP contribution in [0.25, 0.3) is 6.08 Å². The number of thioether (sulfide) groups is 1. The molecule has 0 aliphatic carbocycles. The Morgan fingerprint density at radius 1 is 1.23 bits per heavy atom. The van der Waals surface area contributed by atoms with Gasteiger partial charge < -0.3 is 20.5 Å². The van der Waals surface area contributed by atoms with Crippen LogP contribution in [0.15, 0.2) is 58.4 Å². The number of hydrogen-bond donors (Lipinski definition) is 3. The number of nitrogens with one attached hydrogen (secondary N) is 2. The van der Waals surface area contributed by atoms with Gasteiger partial charge in [-0.05, 0) is 66.7 Å². The van der Waals surface area contributed by atoms with Crippen LogP contribution >= 0.6 is 11.8 Å². The molecular formula is C21H19N3O5S. The lowest BCUT2D eigenvalue weighted by Crippen LogP contribution is -2.22. The molecule has 0 bridgehead atoms. The summed E-state index contributed by atoms with van der Waals surface area (Å²) in [5.41, 5.74) is 1.99. The van der Waals surface area contributed by atoms with Gasteiger partial charge in [0.15, 0.2) is 11.3 Å². The summed E-state index contributed by atoms with van der Waals surface area (Å²) in [6.45, 7) is 2.88. The lowest BCUT2D eigenvalue weighted by atomic mass is 10.2. The van der Waals surface area contributed by atoms with Crippen LogP contribution in [0.3, 0.4) is 0 Å². The molecule has 2 aromatic rings. The van der Waals surface area contributed by atoms with Gasteiger partial charge in [0, 0.05) is 12.6 Å². The van der Waals surface area contributed by atoms with Gasteiger partial charge in [-0.25, -0.2) is 9.79 Å². The highest BCUT2D eigenvalue weighted by molar-refractivity contribution is 8.18. The monoisotopic (exact) mass is 425 g/mol. The van der Waals surface area contributed by atoms with Crippen molar-refractivity contribution in [3.05, 3.63) is 59.0 Å². The topological polar surface area (TPSA) is 117 Å². The number of aliphatic carboxylic acids is 1. The third-order valence-corrected chi connectivity index (χ3v) is 4.80. The van der Waals surface area contributed by atoms with Crippen LogP contribution in [0.5, 0.6) is 5.75 Å². The molecule has 2 amide bonds. The van der Waals surface area contributed by atoms with Crippen molar-refractivity contribution in [3.8, 4) is 5.75 Å². The maximum atomic E-state index is 12.3. The summed E-state index contributed by atoms with van der Waals surface area (Å²) in [5.74, 6) is -1.10. The van der Waals surface area contributed by atoms with E-state index in [1.807, 2.05) is 0 Å². The molecule has 1 unspecified atom stereocenters. The number of carboxylic acids is 1. The first-order valence-corrected chi connectivity index (χ1v) is 9.78. The highest BCUT2D eigenvalue weighted by Crippen LogP contribution is 2.29. The Hall–Kier alpha value is -3.59. The molecule has 154 valence electrons. The van der Waals surface area contributed by atoms with Crippen molar-refractivity contribution >= 4 is 52.2 Å². The van der Waals surface area contributed by atoms with Crippen molar-refractivity contribution in [1.29, 1.82) is 0 Å². The van der Waals surface area contributed by atoms with Crippen molar-refractivity contribution in [2.24, 2.45) is 4.99 Å². The Labute approximate surface area is 177 Å². The minimum absolute atomic E-state index is 0.158. The number of carbonyl (C=O) groups excluding carboxylic acids is 2.